The van der Waals surface area contributed by atoms with Crippen LogP contribution in [0.15, 0.2) is 29.6 Å². The van der Waals surface area contributed by atoms with Gasteiger partial charge in [-0.15, -0.1) is 11.3 Å². The molecule has 1 atom stereocenters. The molecular formula is C17H20FN3OS. The predicted molar refractivity (Wildman–Crippen MR) is 89.1 cm³/mol. The molecule has 0 spiro atoms. The van der Waals surface area contributed by atoms with E-state index >= 15 is 0 Å². The summed E-state index contributed by atoms with van der Waals surface area (Å²) in [6.45, 7) is 1.88. The Balaban J connectivity index is 1.52. The van der Waals surface area contributed by atoms with Gasteiger partial charge in [-0.1, -0.05) is 12.1 Å². The van der Waals surface area contributed by atoms with Crippen molar-refractivity contribution in [1.29, 1.82) is 0 Å². The Bertz CT molecular complexity index is 650. The van der Waals surface area contributed by atoms with E-state index < -0.39 is 0 Å². The Morgan fingerprint density at radius 3 is 2.96 bits per heavy atom. The van der Waals surface area contributed by atoms with Crippen LogP contribution in [0.1, 0.15) is 29.1 Å². The summed E-state index contributed by atoms with van der Waals surface area (Å²) in [5, 5.41) is 9.21. The standard InChI is InChI=1S/C17H20FN3OS/c18-13-5-3-12(4-6-13)8-17-21-15(11-23-17)9-16(22)20-14-2-1-7-19-10-14/h3-6,11,14,19H,1-2,7-10H2,(H,20,22)/t14-/m0/s1. The second-order valence-corrected chi connectivity index (χ2v) is 6.77. The van der Waals surface area contributed by atoms with Crippen molar-refractivity contribution in [3.05, 3.63) is 51.7 Å². The zero-order valence-electron chi connectivity index (χ0n) is 12.8. The molecule has 1 aliphatic heterocycles. The Morgan fingerprint density at radius 1 is 1.39 bits per heavy atom. The molecule has 0 unspecified atom stereocenters. The highest BCUT2D eigenvalue weighted by molar-refractivity contribution is 7.09. The lowest BCUT2D eigenvalue weighted by molar-refractivity contribution is -0.121. The summed E-state index contributed by atoms with van der Waals surface area (Å²) in [5.41, 5.74) is 1.82. The van der Waals surface area contributed by atoms with Gasteiger partial charge in [-0.05, 0) is 37.1 Å². The molecule has 2 heterocycles. The van der Waals surface area contributed by atoms with Gasteiger partial charge in [0.2, 0.25) is 5.91 Å². The molecule has 1 fully saturated rings. The summed E-state index contributed by atoms with van der Waals surface area (Å²) in [4.78, 5) is 16.6. The molecule has 1 amide bonds. The Morgan fingerprint density at radius 2 is 2.22 bits per heavy atom. The van der Waals surface area contributed by atoms with Gasteiger partial charge in [0.1, 0.15) is 5.82 Å². The maximum Gasteiger partial charge on any atom is 0.226 e. The first-order valence-corrected chi connectivity index (χ1v) is 8.75. The summed E-state index contributed by atoms with van der Waals surface area (Å²) < 4.78 is 12.9. The lowest BCUT2D eigenvalue weighted by Crippen LogP contribution is -2.46. The van der Waals surface area contributed by atoms with Gasteiger partial charge in [-0.2, -0.15) is 0 Å². The zero-order chi connectivity index (χ0) is 16.1. The third-order valence-corrected chi connectivity index (χ3v) is 4.77. The Kier molecular flexibility index (Phi) is 5.35. The molecule has 0 bridgehead atoms. The molecule has 0 radical (unpaired) electrons. The number of halogens is 1. The topological polar surface area (TPSA) is 54.0 Å². The first kappa shape index (κ1) is 16.1. The van der Waals surface area contributed by atoms with E-state index in [2.05, 4.69) is 15.6 Å². The van der Waals surface area contributed by atoms with Crippen LogP contribution in [0.25, 0.3) is 0 Å². The first-order chi connectivity index (χ1) is 11.2. The third kappa shape index (κ3) is 4.84. The fraction of sp³-hybridized carbons (Fsp3) is 0.412. The first-order valence-electron chi connectivity index (χ1n) is 7.87. The Labute approximate surface area is 139 Å². The maximum absolute atomic E-state index is 12.9. The fourth-order valence-corrected chi connectivity index (χ4v) is 3.53. The normalized spacial score (nSPS) is 17.9. The summed E-state index contributed by atoms with van der Waals surface area (Å²) in [7, 11) is 0. The number of rotatable bonds is 5. The molecule has 1 aromatic heterocycles. The van der Waals surface area contributed by atoms with E-state index in [-0.39, 0.29) is 17.8 Å². The molecule has 2 N–H and O–H groups in total. The van der Waals surface area contributed by atoms with Crippen LogP contribution in [0, 0.1) is 5.82 Å². The number of hydrogen-bond donors (Lipinski definition) is 2. The molecule has 1 aromatic carbocycles. The third-order valence-electron chi connectivity index (χ3n) is 3.87. The van der Waals surface area contributed by atoms with Crippen LogP contribution < -0.4 is 10.6 Å². The average molecular weight is 333 g/mol. The summed E-state index contributed by atoms with van der Waals surface area (Å²) in [5.74, 6) is -0.209. The summed E-state index contributed by atoms with van der Waals surface area (Å²) in [6.07, 6.45) is 3.12. The van der Waals surface area contributed by atoms with E-state index in [1.165, 1.54) is 23.5 Å². The number of carbonyl (C=O) groups excluding carboxylic acids is 1. The molecule has 6 heteroatoms. The average Bonchev–Trinajstić information content (AvgIpc) is 2.97. The lowest BCUT2D eigenvalue weighted by Gasteiger charge is -2.23. The van der Waals surface area contributed by atoms with Crippen molar-refractivity contribution in [2.24, 2.45) is 0 Å². The van der Waals surface area contributed by atoms with Crippen LogP contribution in [0.2, 0.25) is 0 Å². The van der Waals surface area contributed by atoms with Crippen LogP contribution >= 0.6 is 11.3 Å². The van der Waals surface area contributed by atoms with Crippen molar-refractivity contribution in [1.82, 2.24) is 15.6 Å². The number of nitrogens with zero attached hydrogens (tertiary/aromatic N) is 1. The van der Waals surface area contributed by atoms with Crippen molar-refractivity contribution >= 4 is 17.2 Å². The van der Waals surface area contributed by atoms with Gasteiger partial charge in [0, 0.05) is 24.4 Å². The number of piperidine rings is 1. The summed E-state index contributed by atoms with van der Waals surface area (Å²) >= 11 is 1.54. The van der Waals surface area contributed by atoms with Gasteiger partial charge >= 0.3 is 0 Å². The fourth-order valence-electron chi connectivity index (χ4n) is 2.71. The van der Waals surface area contributed by atoms with Gasteiger partial charge in [-0.3, -0.25) is 4.79 Å². The minimum Gasteiger partial charge on any atom is -0.352 e. The van der Waals surface area contributed by atoms with Crippen LogP contribution in [-0.2, 0) is 17.6 Å². The second kappa shape index (κ2) is 7.66. The molecule has 0 aliphatic carbocycles. The summed E-state index contributed by atoms with van der Waals surface area (Å²) in [6, 6.07) is 6.66. The smallest absolute Gasteiger partial charge is 0.226 e. The maximum atomic E-state index is 12.9. The number of nitrogens with one attached hydrogen (secondary N) is 2. The van der Waals surface area contributed by atoms with Crippen LogP contribution in [0.4, 0.5) is 4.39 Å². The van der Waals surface area contributed by atoms with E-state index in [0.717, 1.165) is 42.2 Å². The van der Waals surface area contributed by atoms with Gasteiger partial charge in [0.05, 0.1) is 17.1 Å². The minimum absolute atomic E-state index is 0.0253. The minimum atomic E-state index is -0.234. The SMILES string of the molecule is O=C(Cc1csc(Cc2ccc(F)cc2)n1)N[C@H]1CCCNC1. The van der Waals surface area contributed by atoms with Crippen molar-refractivity contribution in [2.45, 2.75) is 31.7 Å². The molecule has 0 saturated carbocycles. The molecule has 3 rings (SSSR count). The van der Waals surface area contributed by atoms with Crippen molar-refractivity contribution in [3.8, 4) is 0 Å². The molecule has 2 aromatic rings. The highest BCUT2D eigenvalue weighted by atomic mass is 32.1. The van der Waals surface area contributed by atoms with E-state index in [1.807, 2.05) is 5.38 Å². The number of benzene rings is 1. The van der Waals surface area contributed by atoms with Crippen molar-refractivity contribution < 1.29 is 9.18 Å². The van der Waals surface area contributed by atoms with E-state index in [4.69, 9.17) is 0 Å². The zero-order valence-corrected chi connectivity index (χ0v) is 13.7. The number of aromatic nitrogens is 1. The van der Waals surface area contributed by atoms with Gasteiger partial charge in [-0.25, -0.2) is 9.37 Å². The number of amides is 1. The largest absolute Gasteiger partial charge is 0.352 e. The monoisotopic (exact) mass is 333 g/mol. The van der Waals surface area contributed by atoms with Crippen molar-refractivity contribution in [2.75, 3.05) is 13.1 Å². The highest BCUT2D eigenvalue weighted by Gasteiger charge is 2.16. The number of carbonyl (C=O) groups is 1. The van der Waals surface area contributed by atoms with E-state index in [0.29, 0.717) is 12.8 Å². The molecular weight excluding hydrogens is 313 g/mol. The lowest BCUT2D eigenvalue weighted by atomic mass is 10.1. The molecule has 23 heavy (non-hydrogen) atoms. The quantitative estimate of drug-likeness (QED) is 0.883. The van der Waals surface area contributed by atoms with Crippen LogP contribution in [-0.4, -0.2) is 30.0 Å². The second-order valence-electron chi connectivity index (χ2n) is 5.82. The molecule has 1 aliphatic rings. The van der Waals surface area contributed by atoms with Crippen LogP contribution in [0.5, 0.6) is 0 Å². The molecule has 1 saturated heterocycles. The Hall–Kier alpha value is -1.79. The predicted octanol–water partition coefficient (Wildman–Crippen LogP) is 2.28. The van der Waals surface area contributed by atoms with Gasteiger partial charge in [0.25, 0.3) is 0 Å². The van der Waals surface area contributed by atoms with Crippen LogP contribution in [0.3, 0.4) is 0 Å². The van der Waals surface area contributed by atoms with E-state index in [9.17, 15) is 9.18 Å². The van der Waals surface area contributed by atoms with Gasteiger partial charge < -0.3 is 10.6 Å². The molecule has 122 valence electrons. The number of hydrogen-bond acceptors (Lipinski definition) is 4. The highest BCUT2D eigenvalue weighted by Crippen LogP contribution is 2.16. The van der Waals surface area contributed by atoms with Gasteiger partial charge in [0.15, 0.2) is 0 Å². The number of thiazole rings is 1. The van der Waals surface area contributed by atoms with E-state index in [1.54, 1.807) is 12.1 Å². The molecule has 4 nitrogen and oxygen atoms in total. The van der Waals surface area contributed by atoms with Crippen molar-refractivity contribution in [3.63, 3.8) is 0 Å².